The van der Waals surface area contributed by atoms with E-state index in [0.717, 1.165) is 24.9 Å². The molecule has 1 aromatic carbocycles. The minimum Gasteiger partial charge on any atom is -0.331 e. The molecule has 0 aliphatic carbocycles. The highest BCUT2D eigenvalue weighted by Gasteiger charge is 2.24. The van der Waals surface area contributed by atoms with Crippen LogP contribution in [0, 0.1) is 5.41 Å². The largest absolute Gasteiger partial charge is 0.331 e. The van der Waals surface area contributed by atoms with Gasteiger partial charge >= 0.3 is 0 Å². The summed E-state index contributed by atoms with van der Waals surface area (Å²) in [6, 6.07) is 8.90. The summed E-state index contributed by atoms with van der Waals surface area (Å²) in [5, 5.41) is 3.50. The van der Waals surface area contributed by atoms with Crippen molar-refractivity contribution in [2.75, 3.05) is 6.54 Å². The zero-order valence-electron chi connectivity index (χ0n) is 13.4. The molecule has 0 saturated carbocycles. The van der Waals surface area contributed by atoms with Crippen LogP contribution in [-0.4, -0.2) is 22.1 Å². The fraction of sp³-hybridized carbons (Fsp3) is 0.588. The average Bonchev–Trinajstić information content (AvgIpc) is 2.66. The second kappa shape index (κ2) is 5.96. The molecule has 0 spiro atoms. The number of para-hydroxylation sites is 2. The lowest BCUT2D eigenvalue weighted by Crippen LogP contribution is -2.32. The van der Waals surface area contributed by atoms with E-state index in [4.69, 9.17) is 4.98 Å². The quantitative estimate of drug-likeness (QED) is 0.872. The molecule has 0 bridgehead atoms. The van der Waals surface area contributed by atoms with Crippen LogP contribution in [0.15, 0.2) is 24.3 Å². The molecule has 3 nitrogen and oxygen atoms in total. The summed E-state index contributed by atoms with van der Waals surface area (Å²) in [6.45, 7) is 10.1. The number of aryl methyl sites for hydroxylation is 1. The van der Waals surface area contributed by atoms with Gasteiger partial charge < -0.3 is 9.88 Å². The third kappa shape index (κ3) is 3.40. The van der Waals surface area contributed by atoms with Gasteiger partial charge in [-0.3, -0.25) is 0 Å². The third-order valence-corrected chi connectivity index (χ3v) is 3.93. The zero-order chi connectivity index (χ0) is 14.8. The van der Waals surface area contributed by atoms with Crippen LogP contribution < -0.4 is 5.32 Å². The van der Waals surface area contributed by atoms with Crippen molar-refractivity contribution in [2.45, 2.75) is 46.6 Å². The summed E-state index contributed by atoms with van der Waals surface area (Å²) in [5.41, 5.74) is 2.56. The number of hydrogen-bond donors (Lipinski definition) is 1. The molecule has 0 aliphatic rings. The number of nitrogens with one attached hydrogen (secondary N) is 1. The smallest absolute Gasteiger partial charge is 0.110 e. The fourth-order valence-corrected chi connectivity index (χ4v) is 3.10. The van der Waals surface area contributed by atoms with Gasteiger partial charge in [-0.25, -0.2) is 4.98 Å². The van der Waals surface area contributed by atoms with E-state index >= 15 is 0 Å². The summed E-state index contributed by atoms with van der Waals surface area (Å²) in [7, 11) is 2.12. The minimum atomic E-state index is 0.247. The molecule has 1 atom stereocenters. The molecule has 0 saturated heterocycles. The van der Waals surface area contributed by atoms with Gasteiger partial charge in [-0.05, 0) is 37.4 Å². The van der Waals surface area contributed by atoms with Crippen LogP contribution in [-0.2, 0) is 13.5 Å². The first kappa shape index (κ1) is 15.0. The molecular formula is C17H27N3. The topological polar surface area (TPSA) is 29.9 Å². The van der Waals surface area contributed by atoms with Gasteiger partial charge in [0.1, 0.15) is 5.82 Å². The Morgan fingerprint density at radius 3 is 2.65 bits per heavy atom. The Morgan fingerprint density at radius 2 is 2.00 bits per heavy atom. The Balaban J connectivity index is 2.16. The molecule has 0 fully saturated rings. The first-order chi connectivity index (χ1) is 9.43. The van der Waals surface area contributed by atoms with Crippen molar-refractivity contribution < 1.29 is 0 Å². The van der Waals surface area contributed by atoms with E-state index in [1.54, 1.807) is 0 Å². The monoisotopic (exact) mass is 273 g/mol. The van der Waals surface area contributed by atoms with Crippen molar-refractivity contribution in [1.82, 2.24) is 14.9 Å². The molecule has 2 aromatic rings. The fourth-order valence-electron chi connectivity index (χ4n) is 3.10. The molecule has 0 aliphatic heterocycles. The molecule has 1 aromatic heterocycles. The van der Waals surface area contributed by atoms with Gasteiger partial charge in [-0.1, -0.05) is 32.9 Å². The zero-order valence-corrected chi connectivity index (χ0v) is 13.4. The summed E-state index contributed by atoms with van der Waals surface area (Å²) in [4.78, 5) is 4.79. The Morgan fingerprint density at radius 1 is 1.30 bits per heavy atom. The molecule has 0 radical (unpaired) electrons. The summed E-state index contributed by atoms with van der Waals surface area (Å²) in [5.74, 6) is 1.18. The number of benzene rings is 1. The van der Waals surface area contributed by atoms with E-state index in [1.807, 2.05) is 0 Å². The van der Waals surface area contributed by atoms with Crippen LogP contribution in [0.5, 0.6) is 0 Å². The van der Waals surface area contributed by atoms with Gasteiger partial charge in [0.15, 0.2) is 0 Å². The van der Waals surface area contributed by atoms with Gasteiger partial charge in [-0.15, -0.1) is 0 Å². The van der Waals surface area contributed by atoms with E-state index in [0.29, 0.717) is 6.04 Å². The van der Waals surface area contributed by atoms with E-state index in [-0.39, 0.29) is 5.41 Å². The van der Waals surface area contributed by atoms with Crippen molar-refractivity contribution in [3.05, 3.63) is 30.1 Å². The number of rotatable bonds is 6. The van der Waals surface area contributed by atoms with Crippen LogP contribution in [0.4, 0.5) is 0 Å². The Kier molecular flexibility index (Phi) is 4.48. The molecule has 1 unspecified atom stereocenters. The maximum atomic E-state index is 4.79. The molecule has 110 valence electrons. The first-order valence-electron chi connectivity index (χ1n) is 7.56. The number of nitrogens with zero attached hydrogens (tertiary/aromatic N) is 2. The van der Waals surface area contributed by atoms with E-state index in [9.17, 15) is 0 Å². The van der Waals surface area contributed by atoms with E-state index < -0.39 is 0 Å². The molecule has 2 rings (SSSR count). The molecule has 1 heterocycles. The number of hydrogen-bond acceptors (Lipinski definition) is 2. The standard InChI is InChI=1S/C17H27N3/c1-6-18-13(2)11-17(3,4)12-16-19-14-9-7-8-10-15(14)20(16)5/h7-10,13,18H,6,11-12H2,1-5H3. The average molecular weight is 273 g/mol. The normalized spacial score (nSPS) is 13.8. The second-order valence-electron chi connectivity index (χ2n) is 6.58. The van der Waals surface area contributed by atoms with Crippen molar-refractivity contribution in [1.29, 1.82) is 0 Å². The number of fused-ring (bicyclic) bond motifs is 1. The Bertz CT molecular complexity index is 569. The van der Waals surface area contributed by atoms with Gasteiger partial charge in [-0.2, -0.15) is 0 Å². The van der Waals surface area contributed by atoms with Crippen molar-refractivity contribution in [2.24, 2.45) is 12.5 Å². The Hall–Kier alpha value is -1.35. The van der Waals surface area contributed by atoms with Crippen LogP contribution >= 0.6 is 0 Å². The molecule has 1 N–H and O–H groups in total. The highest BCUT2D eigenvalue weighted by atomic mass is 15.1. The van der Waals surface area contributed by atoms with Gasteiger partial charge in [0, 0.05) is 19.5 Å². The van der Waals surface area contributed by atoms with Gasteiger partial charge in [0.25, 0.3) is 0 Å². The molecule has 3 heteroatoms. The summed E-state index contributed by atoms with van der Waals surface area (Å²) in [6.07, 6.45) is 2.16. The van der Waals surface area contributed by atoms with Crippen molar-refractivity contribution in [3.63, 3.8) is 0 Å². The van der Waals surface area contributed by atoms with E-state index in [2.05, 4.69) is 68.9 Å². The highest BCUT2D eigenvalue weighted by Crippen LogP contribution is 2.28. The second-order valence-corrected chi connectivity index (χ2v) is 6.58. The van der Waals surface area contributed by atoms with Crippen LogP contribution in [0.2, 0.25) is 0 Å². The number of imidazole rings is 1. The Labute approximate surface area is 122 Å². The van der Waals surface area contributed by atoms with Crippen LogP contribution in [0.25, 0.3) is 11.0 Å². The minimum absolute atomic E-state index is 0.247. The van der Waals surface area contributed by atoms with Crippen LogP contribution in [0.3, 0.4) is 0 Å². The summed E-state index contributed by atoms with van der Waals surface area (Å²) >= 11 is 0. The highest BCUT2D eigenvalue weighted by molar-refractivity contribution is 5.75. The number of aromatic nitrogens is 2. The van der Waals surface area contributed by atoms with Gasteiger partial charge in [0.2, 0.25) is 0 Å². The molecule has 20 heavy (non-hydrogen) atoms. The van der Waals surface area contributed by atoms with Crippen LogP contribution in [0.1, 0.15) is 39.9 Å². The van der Waals surface area contributed by atoms with E-state index in [1.165, 1.54) is 11.3 Å². The SMILES string of the molecule is CCNC(C)CC(C)(C)Cc1nc2ccccc2n1C. The van der Waals surface area contributed by atoms with Crippen molar-refractivity contribution in [3.8, 4) is 0 Å². The van der Waals surface area contributed by atoms with Gasteiger partial charge in [0.05, 0.1) is 11.0 Å². The summed E-state index contributed by atoms with van der Waals surface area (Å²) < 4.78 is 2.23. The maximum Gasteiger partial charge on any atom is 0.110 e. The first-order valence-corrected chi connectivity index (χ1v) is 7.56. The molecular weight excluding hydrogens is 246 g/mol. The lowest BCUT2D eigenvalue weighted by molar-refractivity contribution is 0.282. The van der Waals surface area contributed by atoms with Crippen molar-refractivity contribution >= 4 is 11.0 Å². The third-order valence-electron chi connectivity index (χ3n) is 3.93. The predicted molar refractivity (Wildman–Crippen MR) is 86.0 cm³/mol. The molecule has 0 amide bonds. The lowest BCUT2D eigenvalue weighted by Gasteiger charge is -2.28. The maximum absolute atomic E-state index is 4.79. The lowest BCUT2D eigenvalue weighted by atomic mass is 9.82. The predicted octanol–water partition coefficient (Wildman–Crippen LogP) is 3.53.